The summed E-state index contributed by atoms with van der Waals surface area (Å²) in [6.45, 7) is 0. The molecule has 0 saturated carbocycles. The molecule has 8 nitrogen and oxygen atoms in total. The molecule has 10 heteroatoms. The van der Waals surface area contributed by atoms with Gasteiger partial charge >= 0.3 is 0 Å². The Kier molecular flexibility index (Phi) is 5.82. The van der Waals surface area contributed by atoms with Gasteiger partial charge < -0.3 is 5.32 Å². The lowest BCUT2D eigenvalue weighted by Crippen LogP contribution is -2.31. The first-order valence-corrected chi connectivity index (χ1v) is 10.8. The van der Waals surface area contributed by atoms with E-state index in [0.29, 0.717) is 11.4 Å². The van der Waals surface area contributed by atoms with Crippen LogP contribution in [0.25, 0.3) is 0 Å². The van der Waals surface area contributed by atoms with Crippen LogP contribution in [0.1, 0.15) is 6.42 Å². The monoisotopic (exact) mass is 419 g/mol. The summed E-state index contributed by atoms with van der Waals surface area (Å²) in [5, 5.41) is 7.01. The molecule has 0 radical (unpaired) electrons. The van der Waals surface area contributed by atoms with Crippen molar-refractivity contribution < 1.29 is 22.8 Å². The van der Waals surface area contributed by atoms with E-state index in [1.165, 1.54) is 24.3 Å². The van der Waals surface area contributed by atoms with Crippen molar-refractivity contribution in [2.24, 2.45) is 5.14 Å². The van der Waals surface area contributed by atoms with Gasteiger partial charge in [0.25, 0.3) is 0 Å². The van der Waals surface area contributed by atoms with E-state index in [0.717, 1.165) is 16.7 Å². The average molecular weight is 419 g/mol. The normalized spacial score (nSPS) is 17.0. The number of amides is 3. The second kappa shape index (κ2) is 8.13. The van der Waals surface area contributed by atoms with E-state index >= 15 is 0 Å². The highest BCUT2D eigenvalue weighted by Gasteiger charge is 2.39. The molecular formula is C18H17N3O5S2. The van der Waals surface area contributed by atoms with Crippen LogP contribution < -0.4 is 15.4 Å². The second-order valence-corrected chi connectivity index (χ2v) is 8.78. The van der Waals surface area contributed by atoms with Crippen LogP contribution in [0.5, 0.6) is 0 Å². The van der Waals surface area contributed by atoms with Crippen molar-refractivity contribution in [3.8, 4) is 0 Å². The van der Waals surface area contributed by atoms with Crippen molar-refractivity contribution in [3.05, 3.63) is 54.6 Å². The maximum atomic E-state index is 12.5. The minimum absolute atomic E-state index is 0.0245. The Hall–Kier alpha value is -2.69. The molecule has 1 saturated heterocycles. The summed E-state index contributed by atoms with van der Waals surface area (Å²) in [6, 6.07) is 14.1. The number of carbonyl (C=O) groups is 3. The molecule has 1 aliphatic rings. The van der Waals surface area contributed by atoms with E-state index in [1.54, 1.807) is 30.3 Å². The number of para-hydroxylation sites is 1. The molecule has 146 valence electrons. The van der Waals surface area contributed by atoms with Crippen molar-refractivity contribution in [1.29, 1.82) is 0 Å². The van der Waals surface area contributed by atoms with Gasteiger partial charge in [0.05, 0.1) is 21.6 Å². The average Bonchev–Trinajstić information content (AvgIpc) is 2.94. The van der Waals surface area contributed by atoms with Crippen molar-refractivity contribution in [1.82, 2.24) is 0 Å². The van der Waals surface area contributed by atoms with Gasteiger partial charge in [-0.1, -0.05) is 18.2 Å². The Morgan fingerprint density at radius 1 is 1.11 bits per heavy atom. The summed E-state index contributed by atoms with van der Waals surface area (Å²) >= 11 is 1.09. The molecule has 1 atom stereocenters. The molecule has 1 unspecified atom stereocenters. The van der Waals surface area contributed by atoms with Gasteiger partial charge in [-0.15, -0.1) is 11.8 Å². The third-order valence-electron chi connectivity index (χ3n) is 4.00. The van der Waals surface area contributed by atoms with Gasteiger partial charge in [0.2, 0.25) is 27.7 Å². The second-order valence-electron chi connectivity index (χ2n) is 6.02. The molecule has 28 heavy (non-hydrogen) atoms. The number of nitrogens with two attached hydrogens (primary N) is 1. The van der Waals surface area contributed by atoms with Gasteiger partial charge in [-0.25, -0.2) is 18.5 Å². The number of anilines is 2. The number of hydrogen-bond acceptors (Lipinski definition) is 6. The molecular weight excluding hydrogens is 402 g/mol. The van der Waals surface area contributed by atoms with Crippen molar-refractivity contribution in [2.75, 3.05) is 16.0 Å². The number of nitrogens with zero attached hydrogens (tertiary/aromatic N) is 1. The van der Waals surface area contributed by atoms with Crippen LogP contribution in [0.15, 0.2) is 59.5 Å². The maximum absolute atomic E-state index is 12.5. The fourth-order valence-corrected chi connectivity index (χ4v) is 4.13. The molecule has 3 amide bonds. The third-order valence-corrected chi connectivity index (χ3v) is 6.13. The molecule has 0 aliphatic carbocycles. The summed E-state index contributed by atoms with van der Waals surface area (Å²) in [6.07, 6.45) is 0.0364. The number of primary sulfonamides is 1. The molecule has 1 heterocycles. The number of sulfonamides is 1. The number of benzene rings is 2. The highest BCUT2D eigenvalue weighted by atomic mass is 32.2. The fraction of sp³-hybridized carbons (Fsp3) is 0.167. The Bertz CT molecular complexity index is 1010. The summed E-state index contributed by atoms with van der Waals surface area (Å²) in [4.78, 5) is 37.9. The number of hydrogen-bond donors (Lipinski definition) is 2. The van der Waals surface area contributed by atoms with Gasteiger partial charge in [-0.05, 0) is 36.4 Å². The third kappa shape index (κ3) is 4.58. The number of carbonyl (C=O) groups excluding carboxylic acids is 3. The standard InChI is InChI=1S/C18H17N3O5S2/c19-28(25,26)14-8-6-12(7-9-14)20-16(22)11-27-15-10-17(23)21(18(15)24)13-4-2-1-3-5-13/h1-9,15H,10-11H2,(H,20,22)(H2,19,25,26). The summed E-state index contributed by atoms with van der Waals surface area (Å²) < 4.78 is 22.5. The number of imide groups is 1. The van der Waals surface area contributed by atoms with Gasteiger partial charge in [0.15, 0.2) is 0 Å². The van der Waals surface area contributed by atoms with Gasteiger partial charge in [0.1, 0.15) is 0 Å². The van der Waals surface area contributed by atoms with Crippen LogP contribution in [0.2, 0.25) is 0 Å². The van der Waals surface area contributed by atoms with Crippen LogP contribution in [0.3, 0.4) is 0 Å². The lowest BCUT2D eigenvalue weighted by atomic mass is 10.3. The highest BCUT2D eigenvalue weighted by molar-refractivity contribution is 8.01. The predicted octanol–water partition coefficient (Wildman–Crippen LogP) is 1.34. The minimum atomic E-state index is -3.80. The van der Waals surface area contributed by atoms with Gasteiger partial charge in [0, 0.05) is 12.1 Å². The zero-order valence-corrected chi connectivity index (χ0v) is 16.2. The van der Waals surface area contributed by atoms with Crippen LogP contribution in [0.4, 0.5) is 11.4 Å². The molecule has 0 bridgehead atoms. The van der Waals surface area contributed by atoms with Gasteiger partial charge in [-0.3, -0.25) is 14.4 Å². The van der Waals surface area contributed by atoms with E-state index in [-0.39, 0.29) is 34.8 Å². The van der Waals surface area contributed by atoms with Crippen LogP contribution in [0, 0.1) is 0 Å². The van der Waals surface area contributed by atoms with E-state index in [9.17, 15) is 22.8 Å². The zero-order valence-electron chi connectivity index (χ0n) is 14.6. The summed E-state index contributed by atoms with van der Waals surface area (Å²) in [5.41, 5.74) is 0.915. The summed E-state index contributed by atoms with van der Waals surface area (Å²) in [7, 11) is -3.80. The summed E-state index contributed by atoms with van der Waals surface area (Å²) in [5.74, 6) is -1.03. The van der Waals surface area contributed by atoms with E-state index in [2.05, 4.69) is 5.32 Å². The lowest BCUT2D eigenvalue weighted by Gasteiger charge is -2.14. The van der Waals surface area contributed by atoms with E-state index in [4.69, 9.17) is 5.14 Å². The van der Waals surface area contributed by atoms with Crippen LogP contribution >= 0.6 is 11.8 Å². The van der Waals surface area contributed by atoms with E-state index in [1.807, 2.05) is 0 Å². The maximum Gasteiger partial charge on any atom is 0.247 e. The molecule has 3 rings (SSSR count). The van der Waals surface area contributed by atoms with Crippen molar-refractivity contribution in [3.63, 3.8) is 0 Å². The first-order valence-electron chi connectivity index (χ1n) is 8.22. The molecule has 1 fully saturated rings. The molecule has 0 aromatic heterocycles. The van der Waals surface area contributed by atoms with Crippen molar-refractivity contribution in [2.45, 2.75) is 16.6 Å². The molecule has 2 aromatic carbocycles. The van der Waals surface area contributed by atoms with E-state index < -0.39 is 15.3 Å². The number of nitrogens with one attached hydrogen (secondary N) is 1. The largest absolute Gasteiger partial charge is 0.325 e. The first-order chi connectivity index (χ1) is 13.3. The minimum Gasteiger partial charge on any atom is -0.325 e. The smallest absolute Gasteiger partial charge is 0.247 e. The molecule has 0 spiro atoms. The highest BCUT2D eigenvalue weighted by Crippen LogP contribution is 2.29. The number of rotatable bonds is 6. The predicted molar refractivity (Wildman–Crippen MR) is 106 cm³/mol. The van der Waals surface area contributed by atoms with Crippen molar-refractivity contribution >= 4 is 50.9 Å². The quantitative estimate of drug-likeness (QED) is 0.681. The molecule has 3 N–H and O–H groups in total. The van der Waals surface area contributed by atoms with Crippen LogP contribution in [-0.4, -0.2) is 37.1 Å². The Labute approximate surface area is 166 Å². The SMILES string of the molecule is NS(=O)(=O)c1ccc(NC(=O)CSC2CC(=O)N(c3ccccc3)C2=O)cc1. The topological polar surface area (TPSA) is 127 Å². The number of thioether (sulfide) groups is 1. The Balaban J connectivity index is 1.56. The Morgan fingerprint density at radius 3 is 2.36 bits per heavy atom. The van der Waals surface area contributed by atoms with Gasteiger partial charge in [-0.2, -0.15) is 0 Å². The van der Waals surface area contributed by atoms with Crippen LogP contribution in [-0.2, 0) is 24.4 Å². The first kappa shape index (κ1) is 20.1. The fourth-order valence-electron chi connectivity index (χ4n) is 2.68. The zero-order chi connectivity index (χ0) is 20.3. The molecule has 1 aliphatic heterocycles. The Morgan fingerprint density at radius 2 is 1.75 bits per heavy atom. The molecule has 2 aromatic rings. The lowest BCUT2D eigenvalue weighted by molar-refractivity contribution is -0.121.